The number of anilines is 1. The predicted octanol–water partition coefficient (Wildman–Crippen LogP) is 2.29. The molecular weight excluding hydrogens is 388 g/mol. The third-order valence-corrected chi connectivity index (χ3v) is 6.23. The summed E-state index contributed by atoms with van der Waals surface area (Å²) in [5, 5.41) is 6.90. The van der Waals surface area contributed by atoms with Gasteiger partial charge in [0.25, 0.3) is 0 Å². The second kappa shape index (κ2) is 10.2. The van der Waals surface area contributed by atoms with Gasteiger partial charge in [-0.25, -0.2) is 8.42 Å². The highest BCUT2D eigenvalue weighted by Crippen LogP contribution is 2.24. The molecule has 0 amide bonds. The quantitative estimate of drug-likeness (QED) is 0.492. The normalized spacial score (nSPS) is 18.4. The Balaban J connectivity index is 1.89. The lowest BCUT2D eigenvalue weighted by atomic mass is 9.90. The van der Waals surface area contributed by atoms with E-state index < -0.39 is 9.84 Å². The average Bonchev–Trinajstić information content (AvgIpc) is 2.69. The highest BCUT2D eigenvalue weighted by atomic mass is 32.2. The monoisotopic (exact) mass is 424 g/mol. The van der Waals surface area contributed by atoms with Gasteiger partial charge in [0.15, 0.2) is 5.96 Å². The maximum absolute atomic E-state index is 11.5. The van der Waals surface area contributed by atoms with Gasteiger partial charge >= 0.3 is 0 Å². The summed E-state index contributed by atoms with van der Waals surface area (Å²) in [5.41, 5.74) is 1.03. The number of methoxy groups -OCH3 is 1. The van der Waals surface area contributed by atoms with Crippen LogP contribution in [0.5, 0.6) is 5.75 Å². The van der Waals surface area contributed by atoms with Crippen molar-refractivity contribution < 1.29 is 13.2 Å². The first-order chi connectivity index (χ1) is 13.6. The van der Waals surface area contributed by atoms with Gasteiger partial charge in [0.05, 0.1) is 12.9 Å². The van der Waals surface area contributed by atoms with E-state index in [2.05, 4.69) is 46.5 Å². The van der Waals surface area contributed by atoms with Crippen LogP contribution in [-0.4, -0.2) is 66.2 Å². The van der Waals surface area contributed by atoms with Gasteiger partial charge in [-0.1, -0.05) is 19.9 Å². The average molecular weight is 425 g/mol. The Labute approximate surface area is 175 Å². The molecule has 2 rings (SSSR count). The topological polar surface area (TPSA) is 83.0 Å². The Hall–Kier alpha value is -1.96. The fourth-order valence-corrected chi connectivity index (χ4v) is 4.32. The van der Waals surface area contributed by atoms with E-state index in [0.29, 0.717) is 19.0 Å². The van der Waals surface area contributed by atoms with Gasteiger partial charge in [-0.3, -0.25) is 4.99 Å². The summed E-state index contributed by atoms with van der Waals surface area (Å²) in [4.78, 5) is 6.72. The molecule has 1 aliphatic rings. The van der Waals surface area contributed by atoms with Crippen LogP contribution in [0.4, 0.5) is 5.69 Å². The summed E-state index contributed by atoms with van der Waals surface area (Å²) in [6.07, 6.45) is 4.08. The van der Waals surface area contributed by atoms with Crippen LogP contribution in [0.2, 0.25) is 0 Å². The van der Waals surface area contributed by atoms with Crippen molar-refractivity contribution in [1.29, 1.82) is 0 Å². The maximum Gasteiger partial charge on any atom is 0.191 e. The number of benzene rings is 1. The molecule has 0 bridgehead atoms. The van der Waals surface area contributed by atoms with Crippen molar-refractivity contribution in [2.75, 3.05) is 50.7 Å². The van der Waals surface area contributed by atoms with E-state index in [1.165, 1.54) is 11.9 Å². The molecule has 0 saturated carbocycles. The SMILES string of the molecule is CN=C(NCC(C)(C)CCS(C)(=O)=O)NC1CCCN(c2cccc(OC)c2)C1. The van der Waals surface area contributed by atoms with Crippen molar-refractivity contribution in [2.45, 2.75) is 39.2 Å². The third-order valence-electron chi connectivity index (χ3n) is 5.29. The zero-order valence-corrected chi connectivity index (χ0v) is 19.2. The highest BCUT2D eigenvalue weighted by Gasteiger charge is 2.23. The van der Waals surface area contributed by atoms with E-state index in [-0.39, 0.29) is 11.2 Å². The van der Waals surface area contributed by atoms with Gasteiger partial charge in [0, 0.05) is 50.7 Å². The van der Waals surface area contributed by atoms with Gasteiger partial charge in [0.1, 0.15) is 15.6 Å². The van der Waals surface area contributed by atoms with Crippen LogP contribution in [0.15, 0.2) is 29.3 Å². The molecule has 0 spiro atoms. The zero-order valence-electron chi connectivity index (χ0n) is 18.4. The fraction of sp³-hybridized carbons (Fsp3) is 0.667. The van der Waals surface area contributed by atoms with E-state index in [4.69, 9.17) is 4.74 Å². The summed E-state index contributed by atoms with van der Waals surface area (Å²) in [5.74, 6) is 1.83. The molecule has 1 fully saturated rings. The Morgan fingerprint density at radius 3 is 2.79 bits per heavy atom. The lowest BCUT2D eigenvalue weighted by Gasteiger charge is -2.36. The summed E-state index contributed by atoms with van der Waals surface area (Å²) in [6.45, 7) is 6.73. The molecule has 1 heterocycles. The molecule has 164 valence electrons. The number of sulfone groups is 1. The molecule has 29 heavy (non-hydrogen) atoms. The van der Waals surface area contributed by atoms with E-state index >= 15 is 0 Å². The summed E-state index contributed by atoms with van der Waals surface area (Å²) in [6, 6.07) is 8.45. The number of ether oxygens (including phenoxy) is 1. The van der Waals surface area contributed by atoms with Crippen LogP contribution in [0.1, 0.15) is 33.1 Å². The second-order valence-corrected chi connectivity index (χ2v) is 10.9. The number of nitrogens with one attached hydrogen (secondary N) is 2. The fourth-order valence-electron chi connectivity index (χ4n) is 3.40. The predicted molar refractivity (Wildman–Crippen MR) is 121 cm³/mol. The standard InChI is InChI=1S/C21H36N4O3S/c1-21(2,11-13-29(5,26)27)16-23-20(22-3)24-17-8-7-12-25(15-17)18-9-6-10-19(14-18)28-4/h6,9-10,14,17H,7-8,11-13,15-16H2,1-5H3,(H2,22,23,24). The molecule has 1 aromatic carbocycles. The van der Waals surface area contributed by atoms with Crippen molar-refractivity contribution in [3.8, 4) is 5.75 Å². The minimum absolute atomic E-state index is 0.139. The summed E-state index contributed by atoms with van der Waals surface area (Å²) >= 11 is 0. The van der Waals surface area contributed by atoms with Crippen molar-refractivity contribution in [3.05, 3.63) is 24.3 Å². The summed E-state index contributed by atoms with van der Waals surface area (Å²) in [7, 11) is 0.503. The zero-order chi connectivity index (χ0) is 21.5. The molecule has 1 unspecified atom stereocenters. The molecule has 1 atom stereocenters. The minimum Gasteiger partial charge on any atom is -0.497 e. The van der Waals surface area contributed by atoms with Crippen LogP contribution in [0.3, 0.4) is 0 Å². The molecule has 0 aromatic heterocycles. The van der Waals surface area contributed by atoms with E-state index in [9.17, 15) is 8.42 Å². The van der Waals surface area contributed by atoms with Crippen LogP contribution >= 0.6 is 0 Å². The number of hydrogen-bond donors (Lipinski definition) is 2. The molecular formula is C21H36N4O3S. The first-order valence-corrected chi connectivity index (χ1v) is 12.2. The van der Waals surface area contributed by atoms with Gasteiger partial charge in [0.2, 0.25) is 0 Å². The van der Waals surface area contributed by atoms with Gasteiger partial charge < -0.3 is 20.3 Å². The van der Waals surface area contributed by atoms with E-state index in [1.54, 1.807) is 14.2 Å². The van der Waals surface area contributed by atoms with E-state index in [1.807, 2.05) is 12.1 Å². The Bertz CT molecular complexity index is 793. The molecule has 8 heteroatoms. The molecule has 1 saturated heterocycles. The molecule has 7 nitrogen and oxygen atoms in total. The molecule has 0 aliphatic carbocycles. The van der Waals surface area contributed by atoms with Gasteiger partial charge in [-0.15, -0.1) is 0 Å². The lowest BCUT2D eigenvalue weighted by molar-refractivity contribution is 0.347. The molecule has 0 radical (unpaired) electrons. The lowest BCUT2D eigenvalue weighted by Crippen LogP contribution is -2.52. The second-order valence-electron chi connectivity index (χ2n) is 8.60. The minimum atomic E-state index is -2.95. The highest BCUT2D eigenvalue weighted by molar-refractivity contribution is 7.90. The smallest absolute Gasteiger partial charge is 0.191 e. The van der Waals surface area contributed by atoms with Crippen LogP contribution in [0, 0.1) is 5.41 Å². The number of piperidine rings is 1. The number of nitrogens with zero attached hydrogens (tertiary/aromatic N) is 2. The van der Waals surface area contributed by atoms with Crippen LogP contribution < -0.4 is 20.3 Å². The Morgan fingerprint density at radius 1 is 1.38 bits per heavy atom. The summed E-state index contributed by atoms with van der Waals surface area (Å²) < 4.78 is 28.3. The molecule has 2 N–H and O–H groups in total. The Kier molecular flexibility index (Phi) is 8.19. The number of hydrogen-bond acceptors (Lipinski definition) is 5. The van der Waals surface area contributed by atoms with Gasteiger partial charge in [-0.2, -0.15) is 0 Å². The van der Waals surface area contributed by atoms with Crippen molar-refractivity contribution in [1.82, 2.24) is 10.6 Å². The third kappa shape index (κ3) is 8.12. The Morgan fingerprint density at radius 2 is 2.14 bits per heavy atom. The number of aliphatic imine (C=N–C) groups is 1. The van der Waals surface area contributed by atoms with Gasteiger partial charge in [-0.05, 0) is 36.8 Å². The van der Waals surface area contributed by atoms with Crippen molar-refractivity contribution >= 4 is 21.5 Å². The molecule has 1 aliphatic heterocycles. The van der Waals surface area contributed by atoms with E-state index in [0.717, 1.165) is 37.6 Å². The number of rotatable bonds is 8. The maximum atomic E-state index is 11.5. The van der Waals surface area contributed by atoms with Crippen LogP contribution in [0.25, 0.3) is 0 Å². The first kappa shape index (κ1) is 23.3. The number of guanidine groups is 1. The first-order valence-electron chi connectivity index (χ1n) is 10.2. The largest absolute Gasteiger partial charge is 0.497 e. The van der Waals surface area contributed by atoms with Crippen molar-refractivity contribution in [2.24, 2.45) is 10.4 Å². The van der Waals surface area contributed by atoms with Crippen molar-refractivity contribution in [3.63, 3.8) is 0 Å². The molecule has 1 aromatic rings. The van der Waals surface area contributed by atoms with Crippen LogP contribution in [-0.2, 0) is 9.84 Å².